The lowest BCUT2D eigenvalue weighted by Crippen LogP contribution is -2.30. The third-order valence-corrected chi connectivity index (χ3v) is 12.4. The van der Waals surface area contributed by atoms with Crippen LogP contribution in [0.2, 0.25) is 0 Å². The second-order valence-corrected chi connectivity index (χ2v) is 16.1. The number of carbonyl (C=O) groups is 1. The van der Waals surface area contributed by atoms with Gasteiger partial charge in [-0.3, -0.25) is 22.5 Å². The summed E-state index contributed by atoms with van der Waals surface area (Å²) in [4.78, 5) is 41.8. The maximum atomic E-state index is 12.8. The number of nitrogens with two attached hydrogens (primary N) is 1. The molecule has 0 fully saturated rings. The number of primary amides is 1. The summed E-state index contributed by atoms with van der Waals surface area (Å²) in [6, 6.07) is 14.5. The van der Waals surface area contributed by atoms with Crippen LogP contribution in [0.5, 0.6) is 5.88 Å². The van der Waals surface area contributed by atoms with Crippen LogP contribution >= 0.6 is 11.3 Å². The Morgan fingerprint density at radius 3 is 2.18 bits per heavy atom. The first-order valence-electron chi connectivity index (χ1n) is 16.2. The van der Waals surface area contributed by atoms with E-state index in [-0.39, 0.29) is 50.9 Å². The number of azo groups is 1. The van der Waals surface area contributed by atoms with Crippen LogP contribution in [0.15, 0.2) is 85.7 Å². The zero-order valence-electron chi connectivity index (χ0n) is 30.1. The zero-order chi connectivity index (χ0) is 40.5. The molecule has 1 amide bonds. The first-order chi connectivity index (χ1) is 26.6. The predicted octanol–water partition coefficient (Wildman–Crippen LogP) is 5.32. The second kappa shape index (κ2) is 15.5. The van der Waals surface area contributed by atoms with Crippen molar-refractivity contribution in [3.63, 3.8) is 0 Å². The summed E-state index contributed by atoms with van der Waals surface area (Å²) in [6.07, 6.45) is 1.25. The van der Waals surface area contributed by atoms with Crippen molar-refractivity contribution in [2.45, 2.75) is 37.1 Å². The molecule has 19 nitrogen and oxygen atoms in total. The molecule has 0 aliphatic carbocycles. The van der Waals surface area contributed by atoms with E-state index in [9.17, 15) is 31.5 Å². The van der Waals surface area contributed by atoms with Crippen LogP contribution in [0.3, 0.4) is 0 Å². The molecule has 0 unspecified atom stereocenters. The number of pyridine rings is 1. The molecule has 0 atom stereocenters. The lowest BCUT2D eigenvalue weighted by Gasteiger charge is -2.13. The molecule has 5 N–H and O–H groups in total. The van der Waals surface area contributed by atoms with Crippen molar-refractivity contribution in [2.24, 2.45) is 16.0 Å². The first-order valence-corrected chi connectivity index (χ1v) is 19.9. The predicted molar refractivity (Wildman–Crippen MR) is 206 cm³/mol. The molecule has 0 saturated heterocycles. The van der Waals surface area contributed by atoms with E-state index in [1.54, 1.807) is 50.2 Å². The van der Waals surface area contributed by atoms with Gasteiger partial charge in [0.2, 0.25) is 17.8 Å². The number of fused-ring (bicyclic) bond motifs is 1. The number of aromatic nitrogens is 5. The summed E-state index contributed by atoms with van der Waals surface area (Å²) in [6.45, 7) is 4.57. The second-order valence-electron chi connectivity index (χ2n) is 11.7. The molecule has 6 aromatic rings. The molecular formula is C34H32N10O9S3. The Hall–Kier alpha value is -6.20. The molecule has 0 radical (unpaired) electrons. The number of nitrogens with one attached hydrogen (secondary N) is 2. The summed E-state index contributed by atoms with van der Waals surface area (Å²) >= 11 is 1.23. The maximum Gasteiger partial charge on any atom is 0.298 e. The SMILES string of the molecule is CCn1c(O)c(N=Nc2cc(Nc3ncnc(Nc4ccc(-c5nc6ccc(C)c(S(=O)(=O)OC)c6s5)cc4)n3)ccc2S(=O)(=O)OC)c(C)c(C(N)=O)c1=O. The largest absolute Gasteiger partial charge is 0.493 e. The smallest absolute Gasteiger partial charge is 0.298 e. The number of hydrogen-bond acceptors (Lipinski definition) is 18. The molecule has 0 aliphatic heterocycles. The fourth-order valence-corrected chi connectivity index (χ4v) is 8.77. The van der Waals surface area contributed by atoms with Crippen LogP contribution in [0.25, 0.3) is 20.8 Å². The van der Waals surface area contributed by atoms with Gasteiger partial charge in [0.1, 0.15) is 38.1 Å². The average molecular weight is 821 g/mol. The monoisotopic (exact) mass is 820 g/mol. The van der Waals surface area contributed by atoms with Gasteiger partial charge in [0.25, 0.3) is 31.7 Å². The average Bonchev–Trinajstić information content (AvgIpc) is 3.59. The van der Waals surface area contributed by atoms with Gasteiger partial charge in [-0.15, -0.1) is 21.6 Å². The van der Waals surface area contributed by atoms with E-state index in [1.807, 2.05) is 0 Å². The Bertz CT molecular complexity index is 2840. The highest BCUT2D eigenvalue weighted by Gasteiger charge is 2.25. The Morgan fingerprint density at radius 2 is 1.55 bits per heavy atom. The molecule has 0 saturated carbocycles. The number of amides is 1. The number of rotatable bonds is 13. The minimum atomic E-state index is -4.32. The molecule has 3 aromatic heterocycles. The van der Waals surface area contributed by atoms with E-state index in [0.717, 1.165) is 24.4 Å². The third kappa shape index (κ3) is 7.67. The summed E-state index contributed by atoms with van der Waals surface area (Å²) < 4.78 is 61.7. The number of aryl methyl sites for hydroxylation is 1. The lowest BCUT2D eigenvalue weighted by molar-refractivity contribution is 0.0997. The van der Waals surface area contributed by atoms with Crippen molar-refractivity contribution < 1.29 is 35.1 Å². The van der Waals surface area contributed by atoms with Crippen LogP contribution in [-0.2, 0) is 35.1 Å². The highest BCUT2D eigenvalue weighted by Crippen LogP contribution is 2.38. The van der Waals surface area contributed by atoms with Gasteiger partial charge < -0.3 is 21.5 Å². The van der Waals surface area contributed by atoms with Crippen LogP contribution in [0.1, 0.15) is 28.4 Å². The number of anilines is 4. The number of carbonyl (C=O) groups excluding carboxylic acids is 1. The molecule has 0 spiro atoms. The Morgan fingerprint density at radius 1 is 0.911 bits per heavy atom. The van der Waals surface area contributed by atoms with Crippen molar-refractivity contribution in [3.05, 3.63) is 88.0 Å². The number of aromatic hydroxyl groups is 1. The maximum absolute atomic E-state index is 12.8. The fraction of sp³-hybridized carbons (Fsp3) is 0.176. The molecular weight excluding hydrogens is 789 g/mol. The zero-order valence-corrected chi connectivity index (χ0v) is 32.6. The standard InChI is InChI=1S/C34H32N10O9S3/c1-6-44-31(46)25(29(35)45)18(3)26(32(44)47)43-42-23-15-21(12-14-24(23)55(48,49)52-4)39-34-37-16-36-33(41-34)38-20-10-8-19(9-11-20)30-40-22-13-7-17(2)28(27(22)54-30)56(50,51)53-5/h7-16,47H,6H2,1-5H3,(H2,35,45)(H2,36,37,38,39,41). The minimum Gasteiger partial charge on any atom is -0.493 e. The van der Waals surface area contributed by atoms with Crippen molar-refractivity contribution >= 4 is 82.3 Å². The van der Waals surface area contributed by atoms with Gasteiger partial charge in [0.15, 0.2) is 0 Å². The van der Waals surface area contributed by atoms with Crippen LogP contribution in [0, 0.1) is 13.8 Å². The highest BCUT2D eigenvalue weighted by atomic mass is 32.2. The van der Waals surface area contributed by atoms with Gasteiger partial charge in [0, 0.05) is 29.0 Å². The van der Waals surface area contributed by atoms with Crippen LogP contribution in [-0.4, -0.2) is 66.6 Å². The normalized spacial score (nSPS) is 12.0. The quantitative estimate of drug-likeness (QED) is 0.0847. The molecule has 290 valence electrons. The molecule has 22 heteroatoms. The number of nitrogens with zero attached hydrogens (tertiary/aromatic N) is 7. The van der Waals surface area contributed by atoms with E-state index >= 15 is 0 Å². The summed E-state index contributed by atoms with van der Waals surface area (Å²) in [5.74, 6) is -1.43. The van der Waals surface area contributed by atoms with Crippen molar-refractivity contribution in [2.75, 3.05) is 24.9 Å². The van der Waals surface area contributed by atoms with E-state index < -0.39 is 43.1 Å². The van der Waals surface area contributed by atoms with Gasteiger partial charge >= 0.3 is 0 Å². The van der Waals surface area contributed by atoms with Gasteiger partial charge in [-0.2, -0.15) is 21.8 Å². The summed E-state index contributed by atoms with van der Waals surface area (Å²) in [5.41, 5.74) is 6.31. The Kier molecular flexibility index (Phi) is 10.9. The molecule has 6 rings (SSSR count). The van der Waals surface area contributed by atoms with Crippen molar-refractivity contribution in [1.82, 2.24) is 24.5 Å². The molecule has 0 aliphatic rings. The topological polar surface area (TPSA) is 272 Å². The molecule has 56 heavy (non-hydrogen) atoms. The van der Waals surface area contributed by atoms with E-state index in [4.69, 9.17) is 14.1 Å². The van der Waals surface area contributed by atoms with E-state index in [2.05, 4.69) is 40.8 Å². The van der Waals surface area contributed by atoms with Crippen LogP contribution in [0.4, 0.5) is 34.6 Å². The van der Waals surface area contributed by atoms with E-state index in [0.29, 0.717) is 26.5 Å². The number of hydrogen-bond donors (Lipinski definition) is 4. The molecule has 3 aromatic carbocycles. The van der Waals surface area contributed by atoms with Gasteiger partial charge in [-0.05, 0) is 74.9 Å². The fourth-order valence-electron chi connectivity index (χ4n) is 5.54. The Labute approximate surface area is 323 Å². The number of thiazole rings is 1. The number of benzene rings is 3. The minimum absolute atomic E-state index is 0.0271. The van der Waals surface area contributed by atoms with Crippen LogP contribution < -0.4 is 21.9 Å². The summed E-state index contributed by atoms with van der Waals surface area (Å²) in [7, 11) is -6.19. The van der Waals surface area contributed by atoms with Crippen molar-refractivity contribution in [3.8, 4) is 16.5 Å². The van der Waals surface area contributed by atoms with Gasteiger partial charge in [0.05, 0.1) is 24.4 Å². The van der Waals surface area contributed by atoms with Crippen molar-refractivity contribution in [1.29, 1.82) is 0 Å². The Balaban J connectivity index is 1.26. The first kappa shape index (κ1) is 39.5. The van der Waals surface area contributed by atoms with E-state index in [1.165, 1.54) is 42.8 Å². The van der Waals surface area contributed by atoms with Gasteiger partial charge in [-0.1, -0.05) is 6.07 Å². The third-order valence-electron chi connectivity index (χ3n) is 8.32. The summed E-state index contributed by atoms with van der Waals surface area (Å²) in [5, 5.41) is 25.5. The highest BCUT2D eigenvalue weighted by molar-refractivity contribution is 7.87. The molecule has 3 heterocycles. The van der Waals surface area contributed by atoms with Gasteiger partial charge in [-0.25, -0.2) is 15.0 Å². The molecule has 0 bridgehead atoms. The lowest BCUT2D eigenvalue weighted by atomic mass is 10.1.